The second-order valence-corrected chi connectivity index (χ2v) is 4.07. The summed E-state index contributed by atoms with van der Waals surface area (Å²) in [6.45, 7) is 0.104. The maximum atomic E-state index is 12.0. The Kier molecular flexibility index (Phi) is 5.43. The number of aromatic nitrogens is 2. The van der Waals surface area contributed by atoms with E-state index in [0.717, 1.165) is 0 Å². The molecule has 1 heterocycles. The van der Waals surface area contributed by atoms with Gasteiger partial charge in [0.2, 0.25) is 12.3 Å². The Labute approximate surface area is 121 Å². The van der Waals surface area contributed by atoms with Crippen LogP contribution in [0.25, 0.3) is 0 Å². The third-order valence-electron chi connectivity index (χ3n) is 2.43. The Bertz CT molecular complexity index is 621. The number of carbonyl (C=O) groups excluding carboxylic acids is 1. The first-order valence-electron chi connectivity index (χ1n) is 5.23. The van der Waals surface area contributed by atoms with E-state index in [-0.39, 0.29) is 24.7 Å². The second kappa shape index (κ2) is 6.83. The van der Waals surface area contributed by atoms with Crippen LogP contribution < -0.4 is 17.0 Å². The van der Waals surface area contributed by atoms with E-state index in [9.17, 15) is 4.79 Å². The van der Waals surface area contributed by atoms with E-state index in [4.69, 9.17) is 16.9 Å². The normalized spacial score (nSPS) is 9.26. The maximum Gasteiger partial charge on any atom is 0.302 e. The van der Waals surface area contributed by atoms with Gasteiger partial charge in [-0.05, 0) is 24.3 Å². The first kappa shape index (κ1) is 15.1. The molecule has 0 atom stereocenters. The fourth-order valence-corrected chi connectivity index (χ4v) is 1.63. The number of benzene rings is 1. The number of nitrogens with zero attached hydrogens (tertiary/aromatic N) is 3. The summed E-state index contributed by atoms with van der Waals surface area (Å²) < 4.78 is 1.56. The van der Waals surface area contributed by atoms with E-state index < -0.39 is 0 Å². The minimum absolute atomic E-state index is 0. The van der Waals surface area contributed by atoms with Gasteiger partial charge in [0, 0.05) is 10.6 Å². The van der Waals surface area contributed by atoms with Gasteiger partial charge in [-0.3, -0.25) is 9.78 Å². The predicted octanol–water partition coefficient (Wildman–Crippen LogP) is -1.22. The molecule has 0 bridgehead atoms. The Morgan fingerprint density at radius 1 is 1.37 bits per heavy atom. The molecule has 96 valence electrons. The highest BCUT2D eigenvalue weighted by Gasteiger charge is 2.16. The van der Waals surface area contributed by atoms with Crippen molar-refractivity contribution in [1.82, 2.24) is 4.98 Å². The quantitative estimate of drug-likeness (QED) is 0.527. The summed E-state index contributed by atoms with van der Waals surface area (Å²) in [5.74, 6) is -0.0839. The van der Waals surface area contributed by atoms with Crippen LogP contribution in [-0.4, -0.2) is 10.8 Å². The second-order valence-electron chi connectivity index (χ2n) is 3.63. The van der Waals surface area contributed by atoms with E-state index in [1.165, 1.54) is 12.4 Å². The number of hydrogen-bond acceptors (Lipinski definition) is 3. The first-order valence-corrected chi connectivity index (χ1v) is 5.61. The Balaban J connectivity index is 0.00000180. The number of Topliss-reactive ketones (excluding diaryl/α,β-unsaturated/α-hetero) is 1. The average molecular weight is 294 g/mol. The summed E-state index contributed by atoms with van der Waals surface area (Å²) in [6.07, 6.45) is 4.57. The molecule has 4 nitrogen and oxygen atoms in total. The van der Waals surface area contributed by atoms with Crippen molar-refractivity contribution in [2.75, 3.05) is 0 Å². The number of rotatable bonds is 3. The fraction of sp³-hybridized carbons (Fsp3) is 0.0769. The molecule has 2 aromatic rings. The summed E-state index contributed by atoms with van der Waals surface area (Å²) in [5.41, 5.74) is 0.910. The Morgan fingerprint density at radius 3 is 2.68 bits per heavy atom. The number of hydrogen-bond donors (Lipinski definition) is 0. The van der Waals surface area contributed by atoms with Crippen LogP contribution in [0, 0.1) is 11.3 Å². The molecule has 0 unspecified atom stereocenters. The topological polar surface area (TPSA) is 57.6 Å². The molecular formula is C13H9Cl2N3O. The molecule has 0 aliphatic carbocycles. The van der Waals surface area contributed by atoms with Gasteiger partial charge in [0.05, 0.1) is 6.20 Å². The van der Waals surface area contributed by atoms with Crippen LogP contribution in [0.1, 0.15) is 16.1 Å². The van der Waals surface area contributed by atoms with Gasteiger partial charge in [-0.2, -0.15) is 9.83 Å². The van der Waals surface area contributed by atoms with Crippen molar-refractivity contribution in [2.24, 2.45) is 0 Å². The molecule has 19 heavy (non-hydrogen) atoms. The first-order chi connectivity index (χ1) is 8.70. The molecule has 0 fully saturated rings. The highest BCUT2D eigenvalue weighted by molar-refractivity contribution is 6.30. The van der Waals surface area contributed by atoms with Crippen molar-refractivity contribution in [2.45, 2.75) is 6.54 Å². The van der Waals surface area contributed by atoms with Gasteiger partial charge in [0.1, 0.15) is 6.20 Å². The van der Waals surface area contributed by atoms with Gasteiger partial charge >= 0.3 is 5.69 Å². The largest absolute Gasteiger partial charge is 1.00 e. The fourth-order valence-electron chi connectivity index (χ4n) is 1.50. The molecular weight excluding hydrogens is 285 g/mol. The van der Waals surface area contributed by atoms with Crippen molar-refractivity contribution < 1.29 is 21.8 Å². The standard InChI is InChI=1S/C13H9ClN3O.ClH/c14-11-3-1-10(2-4-11)13(18)9-17-6-5-16-8-12(17)7-15;/h1-6,8H,9H2;1H/q+1;/p-1. The highest BCUT2D eigenvalue weighted by Crippen LogP contribution is 2.10. The number of carbonyl (C=O) groups is 1. The van der Waals surface area contributed by atoms with Crippen LogP contribution in [0.15, 0.2) is 42.9 Å². The van der Waals surface area contributed by atoms with Gasteiger partial charge in [0.25, 0.3) is 0 Å². The summed E-state index contributed by atoms with van der Waals surface area (Å²) >= 11 is 5.76. The van der Waals surface area contributed by atoms with Crippen LogP contribution in [0.5, 0.6) is 0 Å². The van der Waals surface area contributed by atoms with Gasteiger partial charge in [0.15, 0.2) is 12.3 Å². The monoisotopic (exact) mass is 293 g/mol. The molecule has 1 aromatic carbocycles. The van der Waals surface area contributed by atoms with Crippen molar-refractivity contribution >= 4 is 17.4 Å². The zero-order valence-electron chi connectivity index (χ0n) is 9.75. The molecule has 0 radical (unpaired) electrons. The van der Waals surface area contributed by atoms with Gasteiger partial charge in [-0.15, -0.1) is 0 Å². The highest BCUT2D eigenvalue weighted by atomic mass is 35.5. The molecule has 0 spiro atoms. The summed E-state index contributed by atoms with van der Waals surface area (Å²) in [6, 6.07) is 8.65. The molecule has 2 rings (SSSR count). The lowest BCUT2D eigenvalue weighted by molar-refractivity contribution is -0.686. The van der Waals surface area contributed by atoms with Crippen LogP contribution in [0.3, 0.4) is 0 Å². The molecule has 0 N–H and O–H groups in total. The average Bonchev–Trinajstić information content (AvgIpc) is 2.40. The summed E-state index contributed by atoms with van der Waals surface area (Å²) in [4.78, 5) is 15.8. The number of nitriles is 1. The molecule has 0 saturated heterocycles. The number of ketones is 1. The van der Waals surface area contributed by atoms with E-state index in [1.54, 1.807) is 35.0 Å². The van der Waals surface area contributed by atoms with Gasteiger partial charge in [-0.25, -0.2) is 0 Å². The lowest BCUT2D eigenvalue weighted by atomic mass is 10.1. The Morgan fingerprint density at radius 2 is 2.05 bits per heavy atom. The molecule has 0 aliphatic heterocycles. The molecule has 6 heteroatoms. The minimum Gasteiger partial charge on any atom is -1.00 e. The van der Waals surface area contributed by atoms with Crippen LogP contribution >= 0.6 is 11.6 Å². The van der Waals surface area contributed by atoms with E-state index >= 15 is 0 Å². The van der Waals surface area contributed by atoms with E-state index in [0.29, 0.717) is 16.3 Å². The lowest BCUT2D eigenvalue weighted by Gasteiger charge is -1.99. The SMILES string of the molecule is N#Cc1cncc[n+]1CC(=O)c1ccc(Cl)cc1.[Cl-]. The zero-order chi connectivity index (χ0) is 13.0. The minimum atomic E-state index is -0.0839. The summed E-state index contributed by atoms with van der Waals surface area (Å²) in [5, 5.41) is 9.48. The predicted molar refractivity (Wildman–Crippen MR) is 64.9 cm³/mol. The van der Waals surface area contributed by atoms with Crippen molar-refractivity contribution in [1.29, 1.82) is 5.26 Å². The van der Waals surface area contributed by atoms with Crippen LogP contribution in [-0.2, 0) is 6.54 Å². The van der Waals surface area contributed by atoms with E-state index in [2.05, 4.69) is 4.98 Å². The van der Waals surface area contributed by atoms with Crippen LogP contribution in [0.4, 0.5) is 0 Å². The zero-order valence-corrected chi connectivity index (χ0v) is 11.3. The molecule has 0 saturated carbocycles. The van der Waals surface area contributed by atoms with E-state index in [1.807, 2.05) is 6.07 Å². The maximum absolute atomic E-state index is 12.0. The van der Waals surface area contributed by atoms with Crippen LogP contribution in [0.2, 0.25) is 5.02 Å². The lowest BCUT2D eigenvalue weighted by Crippen LogP contribution is -3.00. The van der Waals surface area contributed by atoms with Gasteiger partial charge < -0.3 is 12.4 Å². The molecule has 1 aromatic heterocycles. The number of halogens is 2. The summed E-state index contributed by atoms with van der Waals surface area (Å²) in [7, 11) is 0. The third-order valence-corrected chi connectivity index (χ3v) is 2.69. The van der Waals surface area contributed by atoms with Crippen molar-refractivity contribution in [3.8, 4) is 6.07 Å². The third kappa shape index (κ3) is 3.75. The Hall–Kier alpha value is -1.96. The van der Waals surface area contributed by atoms with Crippen molar-refractivity contribution in [3.05, 3.63) is 59.1 Å². The molecule has 0 amide bonds. The van der Waals surface area contributed by atoms with Crippen molar-refractivity contribution in [3.63, 3.8) is 0 Å². The smallest absolute Gasteiger partial charge is 0.302 e. The van der Waals surface area contributed by atoms with Gasteiger partial charge in [-0.1, -0.05) is 11.6 Å². The molecule has 0 aliphatic rings.